The molecular weight excluding hydrogens is 300 g/mol. The van der Waals surface area contributed by atoms with Gasteiger partial charge in [-0.2, -0.15) is 0 Å². The van der Waals surface area contributed by atoms with E-state index in [9.17, 15) is 5.11 Å². The number of hydrogen-bond acceptors (Lipinski definition) is 1. The third kappa shape index (κ3) is 3.32. The summed E-state index contributed by atoms with van der Waals surface area (Å²) in [5, 5.41) is 10.8. The lowest BCUT2D eigenvalue weighted by atomic mass is 10.0. The quantitative estimate of drug-likeness (QED) is 0.892. The van der Waals surface area contributed by atoms with Crippen LogP contribution < -0.4 is 0 Å². The summed E-state index contributed by atoms with van der Waals surface area (Å²) in [6.07, 6.45) is 0.0977. The van der Waals surface area contributed by atoms with E-state index in [1.54, 1.807) is 6.07 Å². The Balaban J connectivity index is 2.14. The maximum Gasteiger partial charge on any atom is 0.0830 e. The van der Waals surface area contributed by atoms with Crippen LogP contribution >= 0.6 is 27.5 Å². The zero-order chi connectivity index (χ0) is 12.3. The molecule has 0 aliphatic carbocycles. The minimum absolute atomic E-state index is 0.508. The number of hydrogen-bond donors (Lipinski definition) is 1. The lowest BCUT2D eigenvalue weighted by Gasteiger charge is -2.12. The molecule has 3 heteroatoms. The van der Waals surface area contributed by atoms with Gasteiger partial charge in [-0.3, -0.25) is 0 Å². The van der Waals surface area contributed by atoms with Crippen molar-refractivity contribution in [2.24, 2.45) is 0 Å². The first-order valence-electron chi connectivity index (χ1n) is 5.34. The number of rotatable bonds is 3. The molecule has 2 aromatic rings. The van der Waals surface area contributed by atoms with Crippen LogP contribution in [0.15, 0.2) is 53.0 Å². The van der Waals surface area contributed by atoms with Crippen LogP contribution in [0.1, 0.15) is 17.2 Å². The summed E-state index contributed by atoms with van der Waals surface area (Å²) in [6, 6.07) is 15.4. The van der Waals surface area contributed by atoms with Crippen LogP contribution in [0, 0.1) is 0 Å². The van der Waals surface area contributed by atoms with Crippen molar-refractivity contribution in [2.75, 3.05) is 0 Å². The molecule has 17 heavy (non-hydrogen) atoms. The standard InChI is InChI=1S/C14H12BrClO/c15-12-9-11(6-7-13(12)16)14(17)8-10-4-2-1-3-5-10/h1-7,9,14,17H,8H2. The van der Waals surface area contributed by atoms with Gasteiger partial charge < -0.3 is 5.11 Å². The van der Waals surface area contributed by atoms with Crippen LogP contribution in [-0.2, 0) is 6.42 Å². The fraction of sp³-hybridized carbons (Fsp3) is 0.143. The number of aliphatic hydroxyl groups is 1. The van der Waals surface area contributed by atoms with Gasteiger partial charge in [0.2, 0.25) is 0 Å². The van der Waals surface area contributed by atoms with Crippen molar-refractivity contribution in [3.05, 3.63) is 69.2 Å². The maximum absolute atomic E-state index is 10.1. The van der Waals surface area contributed by atoms with E-state index in [2.05, 4.69) is 15.9 Å². The summed E-state index contributed by atoms with van der Waals surface area (Å²) in [6.45, 7) is 0. The van der Waals surface area contributed by atoms with Gasteiger partial charge in [-0.25, -0.2) is 0 Å². The Bertz CT molecular complexity index is 499. The molecule has 2 rings (SSSR count). The van der Waals surface area contributed by atoms with Crippen molar-refractivity contribution in [2.45, 2.75) is 12.5 Å². The molecule has 1 unspecified atom stereocenters. The number of benzene rings is 2. The Hall–Kier alpha value is -0.830. The highest BCUT2D eigenvalue weighted by atomic mass is 79.9. The smallest absolute Gasteiger partial charge is 0.0830 e. The lowest BCUT2D eigenvalue weighted by molar-refractivity contribution is 0.178. The Morgan fingerprint density at radius 3 is 2.47 bits per heavy atom. The molecule has 0 fully saturated rings. The van der Waals surface area contributed by atoms with Gasteiger partial charge >= 0.3 is 0 Å². The van der Waals surface area contributed by atoms with Gasteiger partial charge in [-0.1, -0.05) is 48.0 Å². The molecule has 1 N–H and O–H groups in total. The highest BCUT2D eigenvalue weighted by Crippen LogP contribution is 2.27. The van der Waals surface area contributed by atoms with Crippen molar-refractivity contribution >= 4 is 27.5 Å². The fourth-order valence-corrected chi connectivity index (χ4v) is 2.19. The van der Waals surface area contributed by atoms with Crippen molar-refractivity contribution in [3.8, 4) is 0 Å². The van der Waals surface area contributed by atoms with E-state index < -0.39 is 6.10 Å². The molecule has 0 aliphatic rings. The van der Waals surface area contributed by atoms with E-state index in [0.717, 1.165) is 15.6 Å². The molecule has 0 spiro atoms. The monoisotopic (exact) mass is 310 g/mol. The second kappa shape index (κ2) is 5.67. The average molecular weight is 312 g/mol. The molecule has 2 aromatic carbocycles. The summed E-state index contributed by atoms with van der Waals surface area (Å²) >= 11 is 9.27. The van der Waals surface area contributed by atoms with Crippen molar-refractivity contribution < 1.29 is 5.11 Å². The predicted molar refractivity (Wildman–Crippen MR) is 74.3 cm³/mol. The van der Waals surface area contributed by atoms with E-state index in [0.29, 0.717) is 11.4 Å². The highest BCUT2D eigenvalue weighted by molar-refractivity contribution is 9.10. The molecule has 1 atom stereocenters. The molecule has 0 amide bonds. The van der Waals surface area contributed by atoms with Crippen LogP contribution in [0.3, 0.4) is 0 Å². The van der Waals surface area contributed by atoms with Crippen molar-refractivity contribution in [3.63, 3.8) is 0 Å². The van der Waals surface area contributed by atoms with Crippen LogP contribution in [0.2, 0.25) is 5.02 Å². The van der Waals surface area contributed by atoms with Gasteiger partial charge in [0, 0.05) is 10.9 Å². The maximum atomic E-state index is 10.1. The normalized spacial score (nSPS) is 12.4. The summed E-state index contributed by atoms with van der Waals surface area (Å²) in [5.74, 6) is 0. The van der Waals surface area contributed by atoms with Gasteiger partial charge in [0.1, 0.15) is 0 Å². The second-order valence-electron chi connectivity index (χ2n) is 3.88. The average Bonchev–Trinajstić information content (AvgIpc) is 2.34. The number of aliphatic hydroxyl groups excluding tert-OH is 1. The van der Waals surface area contributed by atoms with Gasteiger partial charge in [0.05, 0.1) is 11.1 Å². The zero-order valence-electron chi connectivity index (χ0n) is 9.11. The second-order valence-corrected chi connectivity index (χ2v) is 5.14. The van der Waals surface area contributed by atoms with E-state index >= 15 is 0 Å². The van der Waals surface area contributed by atoms with Crippen LogP contribution in [0.25, 0.3) is 0 Å². The van der Waals surface area contributed by atoms with Crippen LogP contribution in [-0.4, -0.2) is 5.11 Å². The first kappa shape index (κ1) is 12.6. The minimum Gasteiger partial charge on any atom is -0.388 e. The molecule has 0 saturated carbocycles. The molecule has 0 bridgehead atoms. The molecule has 1 nitrogen and oxygen atoms in total. The molecule has 0 saturated heterocycles. The Kier molecular flexibility index (Phi) is 4.21. The van der Waals surface area contributed by atoms with Crippen molar-refractivity contribution in [1.29, 1.82) is 0 Å². The topological polar surface area (TPSA) is 20.2 Å². The number of halogens is 2. The molecule has 0 heterocycles. The SMILES string of the molecule is OC(Cc1ccccc1)c1ccc(Cl)c(Br)c1. The third-order valence-corrected chi connectivity index (χ3v) is 3.81. The molecule has 0 aromatic heterocycles. The Labute approximate surface area is 114 Å². The Morgan fingerprint density at radius 1 is 1.12 bits per heavy atom. The first-order chi connectivity index (χ1) is 8.16. The van der Waals surface area contributed by atoms with Gasteiger partial charge in [0.15, 0.2) is 0 Å². The first-order valence-corrected chi connectivity index (χ1v) is 6.51. The third-order valence-electron chi connectivity index (χ3n) is 2.60. The van der Waals surface area contributed by atoms with Crippen LogP contribution in [0.4, 0.5) is 0 Å². The zero-order valence-corrected chi connectivity index (χ0v) is 11.4. The highest BCUT2D eigenvalue weighted by Gasteiger charge is 2.09. The van der Waals surface area contributed by atoms with E-state index in [1.165, 1.54) is 0 Å². The van der Waals surface area contributed by atoms with E-state index in [4.69, 9.17) is 11.6 Å². The summed E-state index contributed by atoms with van der Waals surface area (Å²) in [7, 11) is 0. The van der Waals surface area contributed by atoms with Crippen molar-refractivity contribution in [1.82, 2.24) is 0 Å². The Morgan fingerprint density at radius 2 is 1.82 bits per heavy atom. The molecule has 0 radical (unpaired) electrons. The van der Waals surface area contributed by atoms with Gasteiger partial charge in [-0.15, -0.1) is 0 Å². The molecule has 0 aliphatic heterocycles. The predicted octanol–water partition coefficient (Wildman–Crippen LogP) is 4.38. The molecule has 88 valence electrons. The van der Waals surface area contributed by atoms with Gasteiger partial charge in [0.25, 0.3) is 0 Å². The fourth-order valence-electron chi connectivity index (χ4n) is 1.67. The lowest BCUT2D eigenvalue weighted by Crippen LogP contribution is -2.01. The van der Waals surface area contributed by atoms with Gasteiger partial charge in [-0.05, 0) is 39.2 Å². The van der Waals surface area contributed by atoms with Crippen LogP contribution in [0.5, 0.6) is 0 Å². The summed E-state index contributed by atoms with van der Waals surface area (Å²) < 4.78 is 0.809. The largest absolute Gasteiger partial charge is 0.388 e. The minimum atomic E-state index is -0.508. The molecular formula is C14H12BrClO. The summed E-state index contributed by atoms with van der Waals surface area (Å²) in [5.41, 5.74) is 1.98. The van der Waals surface area contributed by atoms with E-state index in [1.807, 2.05) is 42.5 Å². The summed E-state index contributed by atoms with van der Waals surface area (Å²) in [4.78, 5) is 0. The van der Waals surface area contributed by atoms with E-state index in [-0.39, 0.29) is 0 Å².